The lowest BCUT2D eigenvalue weighted by molar-refractivity contribution is -0.138. The Morgan fingerprint density at radius 3 is 2.53 bits per heavy atom. The maximum atomic E-state index is 11.4. The van der Waals surface area contributed by atoms with Crippen LogP contribution in [0.5, 0.6) is 0 Å². The smallest absolute Gasteiger partial charge is 0.325 e. The van der Waals surface area contributed by atoms with Crippen LogP contribution in [0.2, 0.25) is 0 Å². The van der Waals surface area contributed by atoms with Crippen molar-refractivity contribution in [3.05, 3.63) is 29.8 Å². The Labute approximate surface area is 98.0 Å². The van der Waals surface area contributed by atoms with Gasteiger partial charge in [-0.1, -0.05) is 12.1 Å². The Kier molecular flexibility index (Phi) is 2.97. The molecule has 1 aromatic carbocycles. The zero-order valence-corrected chi connectivity index (χ0v) is 9.09. The van der Waals surface area contributed by atoms with E-state index in [0.717, 1.165) is 5.69 Å². The lowest BCUT2D eigenvalue weighted by Gasteiger charge is -2.15. The van der Waals surface area contributed by atoms with Crippen LogP contribution in [0.1, 0.15) is 11.6 Å². The highest BCUT2D eigenvalue weighted by atomic mass is 16.4. The number of nitrogens with one attached hydrogen (secondary N) is 1. The summed E-state index contributed by atoms with van der Waals surface area (Å²) in [6.45, 7) is 1.23. The summed E-state index contributed by atoms with van der Waals surface area (Å²) in [5.74, 6) is -1.07. The van der Waals surface area contributed by atoms with Gasteiger partial charge in [-0.25, -0.2) is 4.79 Å². The monoisotopic (exact) mass is 235 g/mol. The van der Waals surface area contributed by atoms with Gasteiger partial charge < -0.3 is 16.2 Å². The number of rotatable bonds is 3. The highest BCUT2D eigenvalue weighted by Crippen LogP contribution is 2.19. The van der Waals surface area contributed by atoms with Gasteiger partial charge in [0.2, 0.25) is 0 Å². The predicted molar refractivity (Wildman–Crippen MR) is 61.8 cm³/mol. The van der Waals surface area contributed by atoms with Gasteiger partial charge in [-0.15, -0.1) is 0 Å². The van der Waals surface area contributed by atoms with Crippen molar-refractivity contribution < 1.29 is 14.7 Å². The summed E-state index contributed by atoms with van der Waals surface area (Å²) in [5.41, 5.74) is 6.73. The Morgan fingerprint density at radius 2 is 2.06 bits per heavy atom. The summed E-state index contributed by atoms with van der Waals surface area (Å²) < 4.78 is 0. The predicted octanol–water partition coefficient (Wildman–Crippen LogP) is 0.301. The Hall–Kier alpha value is -2.08. The zero-order chi connectivity index (χ0) is 12.4. The van der Waals surface area contributed by atoms with E-state index in [1.807, 2.05) is 0 Å². The van der Waals surface area contributed by atoms with Crippen molar-refractivity contribution in [1.29, 1.82) is 0 Å². The molecular formula is C11H13N3O3. The third kappa shape index (κ3) is 2.21. The molecule has 1 aliphatic heterocycles. The zero-order valence-electron chi connectivity index (χ0n) is 9.09. The highest BCUT2D eigenvalue weighted by molar-refractivity contribution is 5.94. The van der Waals surface area contributed by atoms with Gasteiger partial charge in [0.25, 0.3) is 0 Å². The minimum atomic E-state index is -1.07. The molecule has 0 bridgehead atoms. The van der Waals surface area contributed by atoms with E-state index in [1.54, 1.807) is 29.2 Å². The van der Waals surface area contributed by atoms with Gasteiger partial charge in [-0.2, -0.15) is 0 Å². The molecule has 2 rings (SSSR count). The van der Waals surface area contributed by atoms with Crippen LogP contribution in [0, 0.1) is 0 Å². The molecule has 6 heteroatoms. The van der Waals surface area contributed by atoms with Crippen LogP contribution in [0.4, 0.5) is 10.5 Å². The van der Waals surface area contributed by atoms with E-state index >= 15 is 0 Å². The first-order chi connectivity index (χ1) is 8.09. The molecule has 0 aromatic heterocycles. The van der Waals surface area contributed by atoms with Crippen molar-refractivity contribution in [2.75, 3.05) is 18.0 Å². The van der Waals surface area contributed by atoms with Gasteiger partial charge in [-0.05, 0) is 17.7 Å². The average Bonchev–Trinajstić information content (AvgIpc) is 2.74. The van der Waals surface area contributed by atoms with E-state index < -0.39 is 12.0 Å². The maximum absolute atomic E-state index is 11.4. The fourth-order valence-electron chi connectivity index (χ4n) is 1.72. The Morgan fingerprint density at radius 1 is 1.41 bits per heavy atom. The first kappa shape index (κ1) is 11.4. The molecule has 1 fully saturated rings. The molecule has 6 nitrogen and oxygen atoms in total. The molecule has 1 atom stereocenters. The van der Waals surface area contributed by atoms with Crippen molar-refractivity contribution in [2.45, 2.75) is 6.04 Å². The summed E-state index contributed by atoms with van der Waals surface area (Å²) >= 11 is 0. The summed E-state index contributed by atoms with van der Waals surface area (Å²) in [5, 5.41) is 11.5. The largest absolute Gasteiger partial charge is 0.480 e. The topological polar surface area (TPSA) is 95.7 Å². The van der Waals surface area contributed by atoms with Crippen LogP contribution in [-0.2, 0) is 4.79 Å². The highest BCUT2D eigenvalue weighted by Gasteiger charge is 2.21. The molecule has 90 valence electrons. The number of carboxylic acid groups (broad SMARTS) is 1. The van der Waals surface area contributed by atoms with Crippen LogP contribution in [-0.4, -0.2) is 30.2 Å². The van der Waals surface area contributed by atoms with Crippen LogP contribution in [0.15, 0.2) is 24.3 Å². The number of carbonyl (C=O) groups is 2. The second-order valence-corrected chi connectivity index (χ2v) is 3.79. The molecule has 0 radical (unpaired) electrons. The van der Waals surface area contributed by atoms with E-state index in [9.17, 15) is 9.59 Å². The van der Waals surface area contributed by atoms with Crippen molar-refractivity contribution in [1.82, 2.24) is 5.32 Å². The number of nitrogens with zero attached hydrogens (tertiary/aromatic N) is 1. The average molecular weight is 235 g/mol. The van der Waals surface area contributed by atoms with Crippen molar-refractivity contribution >= 4 is 17.7 Å². The molecule has 0 spiro atoms. The number of carboxylic acids is 1. The standard InChI is InChI=1S/C11H13N3O3/c12-9(10(15)16)7-1-3-8(4-2-7)14-6-5-13-11(14)17/h1-4,9H,5-6,12H2,(H,13,17)(H,15,16)/t9-/m1/s1. The fourth-order valence-corrected chi connectivity index (χ4v) is 1.72. The summed E-state index contributed by atoms with van der Waals surface area (Å²) in [6.07, 6.45) is 0. The first-order valence-electron chi connectivity index (χ1n) is 5.23. The maximum Gasteiger partial charge on any atom is 0.325 e. The number of nitrogens with two attached hydrogens (primary N) is 1. The first-order valence-corrected chi connectivity index (χ1v) is 5.23. The van der Waals surface area contributed by atoms with Crippen LogP contribution >= 0.6 is 0 Å². The number of hydrogen-bond donors (Lipinski definition) is 3. The minimum absolute atomic E-state index is 0.139. The molecule has 2 amide bonds. The van der Waals surface area contributed by atoms with E-state index in [2.05, 4.69) is 5.32 Å². The molecule has 1 heterocycles. The van der Waals surface area contributed by atoms with Crippen LogP contribution in [0.3, 0.4) is 0 Å². The lowest BCUT2D eigenvalue weighted by Crippen LogP contribution is -2.27. The van der Waals surface area contributed by atoms with Gasteiger partial charge in [0, 0.05) is 18.8 Å². The van der Waals surface area contributed by atoms with Gasteiger partial charge in [0.15, 0.2) is 0 Å². The molecule has 0 unspecified atom stereocenters. The Bertz CT molecular complexity index is 444. The van der Waals surface area contributed by atoms with Gasteiger partial charge in [0.1, 0.15) is 6.04 Å². The second-order valence-electron chi connectivity index (χ2n) is 3.79. The Balaban J connectivity index is 2.18. The molecule has 17 heavy (non-hydrogen) atoms. The van der Waals surface area contributed by atoms with Crippen molar-refractivity contribution in [2.24, 2.45) is 5.73 Å². The number of anilines is 1. The van der Waals surface area contributed by atoms with E-state index in [1.165, 1.54) is 0 Å². The molecule has 1 saturated heterocycles. The van der Waals surface area contributed by atoms with Gasteiger partial charge in [-0.3, -0.25) is 9.69 Å². The summed E-state index contributed by atoms with van der Waals surface area (Å²) in [6, 6.07) is 5.47. The van der Waals surface area contributed by atoms with Crippen LogP contribution in [0.25, 0.3) is 0 Å². The second kappa shape index (κ2) is 4.42. The number of aliphatic carboxylic acids is 1. The van der Waals surface area contributed by atoms with Gasteiger partial charge in [0.05, 0.1) is 0 Å². The van der Waals surface area contributed by atoms with Crippen molar-refractivity contribution in [3.63, 3.8) is 0 Å². The molecule has 1 aliphatic rings. The quantitative estimate of drug-likeness (QED) is 0.702. The SMILES string of the molecule is N[C@@H](C(=O)O)c1ccc(N2CCNC2=O)cc1. The number of amides is 2. The third-order valence-corrected chi connectivity index (χ3v) is 2.69. The van der Waals surface area contributed by atoms with E-state index in [-0.39, 0.29) is 6.03 Å². The lowest BCUT2D eigenvalue weighted by atomic mass is 10.1. The number of carbonyl (C=O) groups excluding carboxylic acids is 1. The number of urea groups is 1. The third-order valence-electron chi connectivity index (χ3n) is 2.69. The van der Waals surface area contributed by atoms with E-state index in [0.29, 0.717) is 18.7 Å². The van der Waals surface area contributed by atoms with Gasteiger partial charge >= 0.3 is 12.0 Å². The number of benzene rings is 1. The molecule has 0 aliphatic carbocycles. The van der Waals surface area contributed by atoms with E-state index in [4.69, 9.17) is 10.8 Å². The minimum Gasteiger partial charge on any atom is -0.480 e. The van der Waals surface area contributed by atoms with Crippen LogP contribution < -0.4 is 16.0 Å². The summed E-state index contributed by atoms with van der Waals surface area (Å²) in [4.78, 5) is 23.7. The fraction of sp³-hybridized carbons (Fsp3) is 0.273. The normalized spacial score (nSPS) is 16.8. The summed E-state index contributed by atoms with van der Waals surface area (Å²) in [7, 11) is 0. The molecule has 4 N–H and O–H groups in total. The molecular weight excluding hydrogens is 222 g/mol. The molecule has 1 aromatic rings. The van der Waals surface area contributed by atoms with Crippen molar-refractivity contribution in [3.8, 4) is 0 Å². The number of hydrogen-bond acceptors (Lipinski definition) is 3. The molecule has 0 saturated carbocycles.